The molecule has 5 heteroatoms. The van der Waals surface area contributed by atoms with Gasteiger partial charge in [-0.05, 0) is 43.7 Å². The van der Waals surface area contributed by atoms with Crippen LogP contribution in [0.2, 0.25) is 0 Å². The molecule has 2 N–H and O–H groups in total. The zero-order chi connectivity index (χ0) is 15.6. The Hall–Kier alpha value is -1.62. The van der Waals surface area contributed by atoms with Gasteiger partial charge in [0, 0.05) is 19.7 Å². The molecule has 0 spiro atoms. The molecule has 122 valence electrons. The second-order valence-electron chi connectivity index (χ2n) is 5.55. The van der Waals surface area contributed by atoms with Crippen molar-refractivity contribution in [2.45, 2.75) is 26.2 Å². The van der Waals surface area contributed by atoms with E-state index in [1.165, 1.54) is 18.9 Å². The Kier molecular flexibility index (Phi) is 7.16. The number of hydrogen-bond acceptors (Lipinski definition) is 2. The lowest BCUT2D eigenvalue weighted by Crippen LogP contribution is -2.38. The van der Waals surface area contributed by atoms with Gasteiger partial charge < -0.3 is 15.4 Å². The molecule has 2 rings (SSSR count). The second kappa shape index (κ2) is 9.41. The first kappa shape index (κ1) is 16.7. The highest BCUT2D eigenvalue weighted by Crippen LogP contribution is 2.28. The number of nitrogens with one attached hydrogen (secondary N) is 2. The summed E-state index contributed by atoms with van der Waals surface area (Å²) in [6, 6.07) is 6.87. The van der Waals surface area contributed by atoms with Crippen LogP contribution in [0.3, 0.4) is 0 Å². The summed E-state index contributed by atoms with van der Waals surface area (Å²) in [6.45, 7) is 5.64. The Morgan fingerprint density at radius 3 is 2.86 bits per heavy atom. The van der Waals surface area contributed by atoms with E-state index in [2.05, 4.69) is 15.6 Å². The molecule has 4 nitrogen and oxygen atoms in total. The third kappa shape index (κ3) is 6.43. The van der Waals surface area contributed by atoms with Gasteiger partial charge in [-0.25, -0.2) is 4.39 Å². The normalized spacial score (nSPS) is 14.9. The standard InChI is InChI=1S/C17H26FN3O/c1-2-19-17(21-11-12-22-13-14-7-8-14)20-10-9-15-5-3-4-6-16(15)18/h3-6,14H,2,7-13H2,1H3,(H2,19,20,21). The van der Waals surface area contributed by atoms with Gasteiger partial charge in [0.05, 0.1) is 13.2 Å². The number of benzene rings is 1. The Bertz CT molecular complexity index is 475. The van der Waals surface area contributed by atoms with Gasteiger partial charge in [-0.1, -0.05) is 18.2 Å². The van der Waals surface area contributed by atoms with Crippen molar-refractivity contribution in [2.75, 3.05) is 32.8 Å². The number of guanidine groups is 1. The van der Waals surface area contributed by atoms with Gasteiger partial charge in [0.25, 0.3) is 0 Å². The maximum absolute atomic E-state index is 13.5. The van der Waals surface area contributed by atoms with E-state index < -0.39 is 0 Å². The highest BCUT2D eigenvalue weighted by Gasteiger charge is 2.20. The van der Waals surface area contributed by atoms with E-state index in [9.17, 15) is 4.39 Å². The minimum atomic E-state index is -0.153. The zero-order valence-electron chi connectivity index (χ0n) is 13.3. The van der Waals surface area contributed by atoms with Crippen molar-refractivity contribution in [3.8, 4) is 0 Å². The number of ether oxygens (including phenoxy) is 1. The van der Waals surface area contributed by atoms with Gasteiger partial charge in [-0.3, -0.25) is 4.99 Å². The summed E-state index contributed by atoms with van der Waals surface area (Å²) >= 11 is 0. The first-order valence-electron chi connectivity index (χ1n) is 8.13. The van der Waals surface area contributed by atoms with E-state index in [-0.39, 0.29) is 5.82 Å². The molecule has 0 unspecified atom stereocenters. The van der Waals surface area contributed by atoms with E-state index >= 15 is 0 Å². The number of halogens is 1. The van der Waals surface area contributed by atoms with Gasteiger partial charge in [-0.15, -0.1) is 0 Å². The molecule has 0 heterocycles. The van der Waals surface area contributed by atoms with Gasteiger partial charge in [0.2, 0.25) is 0 Å². The first-order chi connectivity index (χ1) is 10.8. The molecule has 0 atom stereocenters. The lowest BCUT2D eigenvalue weighted by Gasteiger charge is -2.11. The van der Waals surface area contributed by atoms with E-state index in [1.807, 2.05) is 19.1 Å². The third-order valence-electron chi connectivity index (χ3n) is 3.54. The lowest BCUT2D eigenvalue weighted by atomic mass is 10.1. The zero-order valence-corrected chi connectivity index (χ0v) is 13.3. The van der Waals surface area contributed by atoms with Crippen LogP contribution in [0.1, 0.15) is 25.3 Å². The summed E-state index contributed by atoms with van der Waals surface area (Å²) in [6.07, 6.45) is 3.25. The van der Waals surface area contributed by atoms with Crippen molar-refractivity contribution < 1.29 is 9.13 Å². The van der Waals surface area contributed by atoms with Crippen LogP contribution in [0, 0.1) is 11.7 Å². The maximum Gasteiger partial charge on any atom is 0.191 e. The summed E-state index contributed by atoms with van der Waals surface area (Å²) in [4.78, 5) is 4.46. The molecule has 0 bridgehead atoms. The minimum Gasteiger partial charge on any atom is -0.379 e. The van der Waals surface area contributed by atoms with Gasteiger partial charge in [0.15, 0.2) is 5.96 Å². The fraction of sp³-hybridized carbons (Fsp3) is 0.588. The average molecular weight is 307 g/mol. The lowest BCUT2D eigenvalue weighted by molar-refractivity contribution is 0.131. The smallest absolute Gasteiger partial charge is 0.191 e. The van der Waals surface area contributed by atoms with Crippen LogP contribution in [-0.4, -0.2) is 38.8 Å². The van der Waals surface area contributed by atoms with Crippen molar-refractivity contribution in [3.63, 3.8) is 0 Å². The van der Waals surface area contributed by atoms with Crippen LogP contribution < -0.4 is 10.6 Å². The van der Waals surface area contributed by atoms with Crippen LogP contribution in [0.4, 0.5) is 4.39 Å². The molecule has 1 fully saturated rings. The molecule has 1 aliphatic rings. The van der Waals surface area contributed by atoms with Crippen LogP contribution in [0.25, 0.3) is 0 Å². The quantitative estimate of drug-likeness (QED) is 0.418. The second-order valence-corrected chi connectivity index (χ2v) is 5.55. The summed E-state index contributed by atoms with van der Waals surface area (Å²) in [5.41, 5.74) is 0.721. The Morgan fingerprint density at radius 1 is 1.32 bits per heavy atom. The molecule has 22 heavy (non-hydrogen) atoms. The van der Waals surface area contributed by atoms with Crippen molar-refractivity contribution in [1.29, 1.82) is 0 Å². The molecule has 1 aliphatic carbocycles. The van der Waals surface area contributed by atoms with Gasteiger partial charge in [-0.2, -0.15) is 0 Å². The Labute approximate surface area is 132 Å². The molecular weight excluding hydrogens is 281 g/mol. The Balaban J connectivity index is 1.67. The summed E-state index contributed by atoms with van der Waals surface area (Å²) in [7, 11) is 0. The highest BCUT2D eigenvalue weighted by atomic mass is 19.1. The third-order valence-corrected chi connectivity index (χ3v) is 3.54. The highest BCUT2D eigenvalue weighted by molar-refractivity contribution is 5.79. The van der Waals surface area contributed by atoms with Crippen LogP contribution in [0.15, 0.2) is 29.3 Å². The summed E-state index contributed by atoms with van der Waals surface area (Å²) in [5, 5.41) is 6.41. The largest absolute Gasteiger partial charge is 0.379 e. The fourth-order valence-electron chi connectivity index (χ4n) is 2.11. The monoisotopic (exact) mass is 307 g/mol. The number of nitrogens with zero attached hydrogens (tertiary/aromatic N) is 1. The number of aliphatic imine (C=N–C) groups is 1. The van der Waals surface area contributed by atoms with Crippen LogP contribution in [-0.2, 0) is 11.2 Å². The van der Waals surface area contributed by atoms with Crippen molar-refractivity contribution >= 4 is 5.96 Å². The van der Waals surface area contributed by atoms with Crippen LogP contribution >= 0.6 is 0 Å². The topological polar surface area (TPSA) is 45.7 Å². The van der Waals surface area contributed by atoms with Crippen molar-refractivity contribution in [3.05, 3.63) is 35.6 Å². The van der Waals surface area contributed by atoms with Gasteiger partial charge in [0.1, 0.15) is 5.82 Å². The number of rotatable bonds is 9. The van der Waals surface area contributed by atoms with E-state index in [4.69, 9.17) is 4.74 Å². The average Bonchev–Trinajstić information content (AvgIpc) is 3.33. The van der Waals surface area contributed by atoms with Crippen molar-refractivity contribution in [2.24, 2.45) is 10.9 Å². The molecule has 0 aliphatic heterocycles. The van der Waals surface area contributed by atoms with E-state index in [1.54, 1.807) is 6.07 Å². The Morgan fingerprint density at radius 2 is 2.14 bits per heavy atom. The van der Waals surface area contributed by atoms with E-state index in [0.29, 0.717) is 26.1 Å². The molecule has 1 aromatic rings. The van der Waals surface area contributed by atoms with E-state index in [0.717, 1.165) is 30.6 Å². The van der Waals surface area contributed by atoms with Gasteiger partial charge >= 0.3 is 0 Å². The molecule has 1 saturated carbocycles. The SMILES string of the molecule is CCNC(=NCCOCC1CC1)NCCc1ccccc1F. The predicted octanol–water partition coefficient (Wildman–Crippen LogP) is 2.35. The van der Waals surface area contributed by atoms with Crippen LogP contribution in [0.5, 0.6) is 0 Å². The molecule has 1 aromatic carbocycles. The summed E-state index contributed by atoms with van der Waals surface area (Å²) < 4.78 is 19.1. The molecule has 0 saturated heterocycles. The molecular formula is C17H26FN3O. The predicted molar refractivity (Wildman–Crippen MR) is 87.6 cm³/mol. The molecule has 0 radical (unpaired) electrons. The maximum atomic E-state index is 13.5. The van der Waals surface area contributed by atoms with Crippen molar-refractivity contribution in [1.82, 2.24) is 10.6 Å². The number of hydrogen-bond donors (Lipinski definition) is 2. The summed E-state index contributed by atoms with van der Waals surface area (Å²) in [5.74, 6) is 1.39. The fourth-order valence-corrected chi connectivity index (χ4v) is 2.11. The molecule has 0 amide bonds. The first-order valence-corrected chi connectivity index (χ1v) is 8.13. The molecule has 0 aromatic heterocycles. The minimum absolute atomic E-state index is 0.153.